The molecule has 1 aromatic rings. The van der Waals surface area contributed by atoms with Gasteiger partial charge in [-0.25, -0.2) is 4.79 Å². The van der Waals surface area contributed by atoms with Crippen molar-refractivity contribution in [2.75, 3.05) is 32.5 Å². The zero-order valence-electron chi connectivity index (χ0n) is 12.0. The summed E-state index contributed by atoms with van der Waals surface area (Å²) < 4.78 is 10.9. The van der Waals surface area contributed by atoms with Crippen LogP contribution >= 0.6 is 11.6 Å². The number of anilines is 1. The maximum atomic E-state index is 12.4. The molecule has 4 rings (SSSR count). The number of nitrogens with zero attached hydrogens (tertiary/aromatic N) is 1. The molecule has 0 radical (unpaired) electrons. The van der Waals surface area contributed by atoms with Crippen molar-refractivity contribution in [1.82, 2.24) is 4.90 Å². The maximum Gasteiger partial charge on any atom is 0.342 e. The van der Waals surface area contributed by atoms with Gasteiger partial charge in [0.25, 0.3) is 0 Å². The van der Waals surface area contributed by atoms with Gasteiger partial charge in [0.15, 0.2) is 0 Å². The van der Waals surface area contributed by atoms with Gasteiger partial charge in [0, 0.05) is 12.6 Å². The Morgan fingerprint density at radius 2 is 2.10 bits per heavy atom. The lowest BCUT2D eigenvalue weighted by Gasteiger charge is -2.43. The highest BCUT2D eigenvalue weighted by molar-refractivity contribution is 6.33. The SMILES string of the molecule is COc1cc(N)c(Cl)cc1C(=O)O[C@@H]1CN2CCC1CC2. The highest BCUT2D eigenvalue weighted by Crippen LogP contribution is 2.33. The van der Waals surface area contributed by atoms with E-state index in [2.05, 4.69) is 4.90 Å². The van der Waals surface area contributed by atoms with Crippen molar-refractivity contribution < 1.29 is 14.3 Å². The maximum absolute atomic E-state index is 12.4. The quantitative estimate of drug-likeness (QED) is 0.685. The van der Waals surface area contributed by atoms with Gasteiger partial charge < -0.3 is 15.2 Å². The molecule has 2 bridgehead atoms. The standard InChI is InChI=1S/C15H19ClN2O3/c1-20-13-7-12(17)11(16)6-10(13)15(19)21-14-8-18-4-2-9(14)3-5-18/h6-7,9,14H,2-5,8,17H2,1H3/t14-/m1/s1. The fourth-order valence-electron chi connectivity index (χ4n) is 3.14. The third kappa shape index (κ3) is 2.80. The van der Waals surface area contributed by atoms with Gasteiger partial charge in [-0.15, -0.1) is 0 Å². The van der Waals surface area contributed by atoms with Crippen molar-refractivity contribution in [2.45, 2.75) is 18.9 Å². The van der Waals surface area contributed by atoms with Crippen LogP contribution in [0.5, 0.6) is 5.75 Å². The van der Waals surface area contributed by atoms with E-state index in [9.17, 15) is 4.79 Å². The molecule has 5 nitrogen and oxygen atoms in total. The topological polar surface area (TPSA) is 64.8 Å². The van der Waals surface area contributed by atoms with Gasteiger partial charge in [-0.05, 0) is 37.9 Å². The highest BCUT2D eigenvalue weighted by atomic mass is 35.5. The molecule has 1 aromatic carbocycles. The summed E-state index contributed by atoms with van der Waals surface area (Å²) in [6, 6.07) is 3.06. The van der Waals surface area contributed by atoms with E-state index < -0.39 is 5.97 Å². The minimum atomic E-state index is -0.396. The van der Waals surface area contributed by atoms with E-state index in [4.69, 9.17) is 26.8 Å². The molecule has 0 aromatic heterocycles. The molecule has 0 unspecified atom stereocenters. The third-order valence-corrected chi connectivity index (χ3v) is 4.72. The van der Waals surface area contributed by atoms with E-state index in [0.29, 0.717) is 27.9 Å². The number of methoxy groups -OCH3 is 1. The van der Waals surface area contributed by atoms with Crippen LogP contribution in [0.2, 0.25) is 5.02 Å². The molecule has 21 heavy (non-hydrogen) atoms. The van der Waals surface area contributed by atoms with Gasteiger partial charge in [0.1, 0.15) is 17.4 Å². The van der Waals surface area contributed by atoms with E-state index in [1.165, 1.54) is 13.2 Å². The monoisotopic (exact) mass is 310 g/mol. The van der Waals surface area contributed by atoms with E-state index in [1.807, 2.05) is 0 Å². The number of piperidine rings is 3. The number of halogens is 1. The predicted molar refractivity (Wildman–Crippen MR) is 80.8 cm³/mol. The minimum Gasteiger partial charge on any atom is -0.496 e. The minimum absolute atomic E-state index is 0.0407. The molecular formula is C15H19ClN2O3. The highest BCUT2D eigenvalue weighted by Gasteiger charge is 2.37. The zero-order valence-corrected chi connectivity index (χ0v) is 12.7. The zero-order chi connectivity index (χ0) is 15.0. The third-order valence-electron chi connectivity index (χ3n) is 4.39. The van der Waals surface area contributed by atoms with Gasteiger partial charge in [-0.1, -0.05) is 11.6 Å². The molecule has 3 aliphatic rings. The van der Waals surface area contributed by atoms with Crippen LogP contribution < -0.4 is 10.5 Å². The summed E-state index contributed by atoms with van der Waals surface area (Å²) in [5.74, 6) is 0.463. The second-order valence-electron chi connectivity index (χ2n) is 5.66. The molecule has 0 spiro atoms. The molecule has 0 saturated carbocycles. The number of fused-ring (bicyclic) bond motifs is 3. The first-order valence-corrected chi connectivity index (χ1v) is 7.52. The number of benzene rings is 1. The summed E-state index contributed by atoms with van der Waals surface area (Å²) in [5, 5.41) is 0.330. The molecule has 2 N–H and O–H groups in total. The normalized spacial score (nSPS) is 27.4. The van der Waals surface area contributed by atoms with Crippen molar-refractivity contribution in [3.05, 3.63) is 22.7 Å². The van der Waals surface area contributed by atoms with Gasteiger partial charge >= 0.3 is 5.97 Å². The molecule has 3 fully saturated rings. The Morgan fingerprint density at radius 1 is 1.38 bits per heavy atom. The molecule has 6 heteroatoms. The van der Waals surface area contributed by atoms with Gasteiger partial charge in [-0.2, -0.15) is 0 Å². The summed E-state index contributed by atoms with van der Waals surface area (Å²) in [5.41, 5.74) is 6.44. The molecule has 114 valence electrons. The smallest absolute Gasteiger partial charge is 0.342 e. The first kappa shape index (κ1) is 14.5. The largest absolute Gasteiger partial charge is 0.496 e. The summed E-state index contributed by atoms with van der Waals surface area (Å²) in [6.07, 6.45) is 2.15. The second-order valence-corrected chi connectivity index (χ2v) is 6.06. The molecule has 0 aliphatic carbocycles. The number of ether oxygens (including phenoxy) is 2. The number of nitrogen functional groups attached to an aromatic ring is 1. The number of hydrogen-bond donors (Lipinski definition) is 1. The number of nitrogens with two attached hydrogens (primary N) is 1. The van der Waals surface area contributed by atoms with E-state index in [1.54, 1.807) is 6.07 Å². The Bertz CT molecular complexity index is 556. The Labute approximate surface area is 128 Å². The number of esters is 1. The van der Waals surface area contributed by atoms with Crippen LogP contribution in [0.4, 0.5) is 5.69 Å². The van der Waals surface area contributed by atoms with E-state index in [0.717, 1.165) is 32.5 Å². The summed E-state index contributed by atoms with van der Waals surface area (Å²) in [6.45, 7) is 3.03. The molecule has 0 amide bonds. The summed E-state index contributed by atoms with van der Waals surface area (Å²) >= 11 is 6.00. The van der Waals surface area contributed by atoms with Gasteiger partial charge in [0.05, 0.1) is 17.8 Å². The molecule has 3 heterocycles. The number of carbonyl (C=O) groups is 1. The van der Waals surface area contributed by atoms with Crippen LogP contribution in [0.3, 0.4) is 0 Å². The van der Waals surface area contributed by atoms with E-state index >= 15 is 0 Å². The van der Waals surface area contributed by atoms with E-state index in [-0.39, 0.29) is 6.10 Å². The fourth-order valence-corrected chi connectivity index (χ4v) is 3.31. The van der Waals surface area contributed by atoms with Crippen LogP contribution in [-0.2, 0) is 4.74 Å². The molecular weight excluding hydrogens is 292 g/mol. The summed E-state index contributed by atoms with van der Waals surface area (Å²) in [7, 11) is 1.49. The lowest BCUT2D eigenvalue weighted by molar-refractivity contribution is -0.0457. The number of hydrogen-bond acceptors (Lipinski definition) is 5. The average molecular weight is 311 g/mol. The first-order valence-electron chi connectivity index (χ1n) is 7.15. The van der Waals surface area contributed by atoms with Crippen LogP contribution in [0, 0.1) is 5.92 Å². The first-order chi connectivity index (χ1) is 10.1. The van der Waals surface area contributed by atoms with Gasteiger partial charge in [0.2, 0.25) is 0 Å². The lowest BCUT2D eigenvalue weighted by atomic mass is 9.86. The Balaban J connectivity index is 1.78. The van der Waals surface area contributed by atoms with Crippen molar-refractivity contribution >= 4 is 23.3 Å². The Hall–Kier alpha value is -1.46. The predicted octanol–water partition coefficient (Wildman–Crippen LogP) is 2.18. The van der Waals surface area contributed by atoms with Crippen molar-refractivity contribution in [2.24, 2.45) is 5.92 Å². The number of rotatable bonds is 3. The Morgan fingerprint density at radius 3 is 2.67 bits per heavy atom. The van der Waals surface area contributed by atoms with Crippen molar-refractivity contribution in [3.63, 3.8) is 0 Å². The van der Waals surface area contributed by atoms with Crippen molar-refractivity contribution in [3.8, 4) is 5.75 Å². The molecule has 1 atom stereocenters. The van der Waals surface area contributed by atoms with Crippen LogP contribution in [0.1, 0.15) is 23.2 Å². The average Bonchev–Trinajstić information content (AvgIpc) is 2.50. The second kappa shape index (κ2) is 5.73. The fraction of sp³-hybridized carbons (Fsp3) is 0.533. The lowest BCUT2D eigenvalue weighted by Crippen LogP contribution is -2.51. The number of carbonyl (C=O) groups excluding carboxylic acids is 1. The molecule has 3 saturated heterocycles. The van der Waals surface area contributed by atoms with Crippen LogP contribution in [0.25, 0.3) is 0 Å². The van der Waals surface area contributed by atoms with Crippen LogP contribution in [0.15, 0.2) is 12.1 Å². The molecule has 3 aliphatic heterocycles. The van der Waals surface area contributed by atoms with Crippen LogP contribution in [-0.4, -0.2) is 43.7 Å². The summed E-state index contributed by atoms with van der Waals surface area (Å²) in [4.78, 5) is 14.8. The Kier molecular flexibility index (Phi) is 3.95. The van der Waals surface area contributed by atoms with Crippen molar-refractivity contribution in [1.29, 1.82) is 0 Å². The van der Waals surface area contributed by atoms with Gasteiger partial charge in [-0.3, -0.25) is 4.90 Å².